The monoisotopic (exact) mass is 272 g/mol. The number of likely N-dealkylation sites (tertiary alicyclic amines) is 1. The van der Waals surface area contributed by atoms with Gasteiger partial charge in [-0.2, -0.15) is 5.26 Å². The van der Waals surface area contributed by atoms with Gasteiger partial charge >= 0.3 is 0 Å². The van der Waals surface area contributed by atoms with Gasteiger partial charge in [-0.15, -0.1) is 0 Å². The summed E-state index contributed by atoms with van der Waals surface area (Å²) in [5.74, 6) is 1.76. The fraction of sp³-hybridized carbons (Fsp3) is 0.500. The van der Waals surface area contributed by atoms with Crippen LogP contribution in [-0.4, -0.2) is 30.5 Å². The SMILES string of the molecule is C[C@@H]1C[C@@H](C)CN(C(=O)COc2ccc(C#N)cc2)C1. The molecule has 0 unspecified atom stereocenters. The molecule has 1 aliphatic rings. The highest BCUT2D eigenvalue weighted by atomic mass is 16.5. The van der Waals surface area contributed by atoms with E-state index in [2.05, 4.69) is 13.8 Å². The number of rotatable bonds is 3. The van der Waals surface area contributed by atoms with Crippen molar-refractivity contribution in [2.75, 3.05) is 19.7 Å². The van der Waals surface area contributed by atoms with Crippen LogP contribution in [0.3, 0.4) is 0 Å². The van der Waals surface area contributed by atoms with E-state index in [9.17, 15) is 4.79 Å². The van der Waals surface area contributed by atoms with Gasteiger partial charge in [-0.1, -0.05) is 13.8 Å². The van der Waals surface area contributed by atoms with Crippen molar-refractivity contribution in [3.05, 3.63) is 29.8 Å². The first kappa shape index (κ1) is 14.4. The molecular weight excluding hydrogens is 252 g/mol. The number of amides is 1. The van der Waals surface area contributed by atoms with Crippen LogP contribution in [0.4, 0.5) is 0 Å². The lowest BCUT2D eigenvalue weighted by molar-refractivity contribution is -0.136. The largest absolute Gasteiger partial charge is 0.484 e. The fourth-order valence-corrected chi connectivity index (χ4v) is 2.73. The second-order valence-corrected chi connectivity index (χ2v) is 5.67. The summed E-state index contributed by atoms with van der Waals surface area (Å²) in [6, 6.07) is 8.85. The standard InChI is InChI=1S/C16H20N2O2/c1-12-7-13(2)10-18(9-12)16(19)11-20-15-5-3-14(8-17)4-6-15/h3-6,12-13H,7,9-11H2,1-2H3/t12-,13-/m1/s1. The van der Waals surface area contributed by atoms with Crippen LogP contribution in [0.2, 0.25) is 0 Å². The lowest BCUT2D eigenvalue weighted by Gasteiger charge is -2.34. The zero-order chi connectivity index (χ0) is 14.5. The molecule has 1 amide bonds. The quantitative estimate of drug-likeness (QED) is 0.849. The number of piperidine rings is 1. The minimum absolute atomic E-state index is 0.0350. The molecular formula is C16H20N2O2. The van der Waals surface area contributed by atoms with E-state index in [0.717, 1.165) is 13.1 Å². The van der Waals surface area contributed by atoms with E-state index in [1.54, 1.807) is 24.3 Å². The molecule has 4 heteroatoms. The molecule has 2 atom stereocenters. The number of ether oxygens (including phenoxy) is 1. The highest BCUT2D eigenvalue weighted by Gasteiger charge is 2.25. The zero-order valence-electron chi connectivity index (χ0n) is 12.0. The van der Waals surface area contributed by atoms with Gasteiger partial charge in [-0.3, -0.25) is 4.79 Å². The van der Waals surface area contributed by atoms with E-state index in [4.69, 9.17) is 10.00 Å². The van der Waals surface area contributed by atoms with Crippen molar-refractivity contribution in [2.24, 2.45) is 11.8 Å². The van der Waals surface area contributed by atoms with Crippen LogP contribution in [0.15, 0.2) is 24.3 Å². The van der Waals surface area contributed by atoms with Crippen LogP contribution in [0, 0.1) is 23.2 Å². The third-order valence-electron chi connectivity index (χ3n) is 3.57. The van der Waals surface area contributed by atoms with E-state index in [0.29, 0.717) is 23.1 Å². The summed E-state index contributed by atoms with van der Waals surface area (Å²) < 4.78 is 5.49. The highest BCUT2D eigenvalue weighted by Crippen LogP contribution is 2.21. The van der Waals surface area contributed by atoms with Gasteiger partial charge in [0.25, 0.3) is 5.91 Å². The Balaban J connectivity index is 1.86. The lowest BCUT2D eigenvalue weighted by atomic mass is 9.92. The van der Waals surface area contributed by atoms with Crippen molar-refractivity contribution in [1.29, 1.82) is 5.26 Å². The van der Waals surface area contributed by atoms with Gasteiger partial charge in [-0.05, 0) is 42.5 Å². The molecule has 1 aromatic rings. The van der Waals surface area contributed by atoms with Gasteiger partial charge < -0.3 is 9.64 Å². The fourth-order valence-electron chi connectivity index (χ4n) is 2.73. The number of nitriles is 1. The first-order valence-electron chi connectivity index (χ1n) is 6.99. The first-order chi connectivity index (χ1) is 9.58. The number of hydrogen-bond acceptors (Lipinski definition) is 3. The topological polar surface area (TPSA) is 53.3 Å². The Kier molecular flexibility index (Phi) is 4.62. The van der Waals surface area contributed by atoms with Gasteiger partial charge in [0.2, 0.25) is 0 Å². The van der Waals surface area contributed by atoms with Crippen LogP contribution in [0.5, 0.6) is 5.75 Å². The summed E-state index contributed by atoms with van der Waals surface area (Å²) >= 11 is 0. The Morgan fingerprint density at radius 2 is 1.90 bits per heavy atom. The Morgan fingerprint density at radius 1 is 1.30 bits per heavy atom. The second kappa shape index (κ2) is 6.42. The smallest absolute Gasteiger partial charge is 0.260 e. The van der Waals surface area contributed by atoms with Gasteiger partial charge in [0.1, 0.15) is 5.75 Å². The summed E-state index contributed by atoms with van der Waals surface area (Å²) in [5.41, 5.74) is 0.586. The molecule has 1 fully saturated rings. The maximum Gasteiger partial charge on any atom is 0.260 e. The van der Waals surface area contributed by atoms with Gasteiger partial charge in [0, 0.05) is 13.1 Å². The molecule has 0 aliphatic carbocycles. The van der Waals surface area contributed by atoms with Gasteiger partial charge in [-0.25, -0.2) is 0 Å². The van der Waals surface area contributed by atoms with Gasteiger partial charge in [0.05, 0.1) is 11.6 Å². The Bertz CT molecular complexity index is 494. The van der Waals surface area contributed by atoms with Crippen molar-refractivity contribution in [2.45, 2.75) is 20.3 Å². The van der Waals surface area contributed by atoms with Crippen molar-refractivity contribution in [3.8, 4) is 11.8 Å². The second-order valence-electron chi connectivity index (χ2n) is 5.67. The van der Waals surface area contributed by atoms with E-state index >= 15 is 0 Å². The first-order valence-corrected chi connectivity index (χ1v) is 6.99. The molecule has 106 valence electrons. The van der Waals surface area contributed by atoms with Crippen LogP contribution >= 0.6 is 0 Å². The van der Waals surface area contributed by atoms with Crippen LogP contribution in [0.1, 0.15) is 25.8 Å². The minimum Gasteiger partial charge on any atom is -0.484 e. The third kappa shape index (κ3) is 3.74. The predicted octanol–water partition coefficient (Wildman–Crippen LogP) is 2.44. The highest BCUT2D eigenvalue weighted by molar-refractivity contribution is 5.77. The number of hydrogen-bond donors (Lipinski definition) is 0. The average Bonchev–Trinajstić information content (AvgIpc) is 2.44. The van der Waals surface area contributed by atoms with E-state index in [1.165, 1.54) is 6.42 Å². The predicted molar refractivity (Wildman–Crippen MR) is 76.2 cm³/mol. The Hall–Kier alpha value is -2.02. The summed E-state index contributed by atoms with van der Waals surface area (Å²) in [6.07, 6.45) is 1.18. The lowest BCUT2D eigenvalue weighted by Crippen LogP contribution is -2.44. The van der Waals surface area contributed by atoms with Crippen LogP contribution < -0.4 is 4.74 Å². The molecule has 4 nitrogen and oxygen atoms in total. The van der Waals surface area contributed by atoms with E-state index in [1.807, 2.05) is 11.0 Å². The maximum absolute atomic E-state index is 12.1. The van der Waals surface area contributed by atoms with Crippen molar-refractivity contribution in [1.82, 2.24) is 4.90 Å². The van der Waals surface area contributed by atoms with E-state index < -0.39 is 0 Å². The molecule has 0 bridgehead atoms. The van der Waals surface area contributed by atoms with Crippen LogP contribution in [0.25, 0.3) is 0 Å². The zero-order valence-corrected chi connectivity index (χ0v) is 12.0. The third-order valence-corrected chi connectivity index (χ3v) is 3.57. The summed E-state index contributed by atoms with van der Waals surface area (Å²) in [5, 5.41) is 8.71. The molecule has 1 heterocycles. The molecule has 0 radical (unpaired) electrons. The molecule has 0 aromatic heterocycles. The normalized spacial score (nSPS) is 22.1. The van der Waals surface area contributed by atoms with Crippen molar-refractivity contribution >= 4 is 5.91 Å². The Morgan fingerprint density at radius 3 is 2.45 bits per heavy atom. The molecule has 1 aromatic carbocycles. The summed E-state index contributed by atoms with van der Waals surface area (Å²) in [4.78, 5) is 14.0. The van der Waals surface area contributed by atoms with Gasteiger partial charge in [0.15, 0.2) is 6.61 Å². The van der Waals surface area contributed by atoms with E-state index in [-0.39, 0.29) is 12.5 Å². The number of nitrogens with zero attached hydrogens (tertiary/aromatic N) is 2. The summed E-state index contributed by atoms with van der Waals surface area (Å²) in [7, 11) is 0. The average molecular weight is 272 g/mol. The minimum atomic E-state index is 0.0350. The van der Waals surface area contributed by atoms with Crippen molar-refractivity contribution < 1.29 is 9.53 Å². The molecule has 0 saturated carbocycles. The summed E-state index contributed by atoms with van der Waals surface area (Å²) in [6.45, 7) is 6.06. The molecule has 20 heavy (non-hydrogen) atoms. The Labute approximate surface area is 120 Å². The number of benzene rings is 1. The number of carbonyl (C=O) groups is 1. The molecule has 1 saturated heterocycles. The molecule has 2 rings (SSSR count). The molecule has 0 spiro atoms. The molecule has 0 N–H and O–H groups in total. The molecule has 1 aliphatic heterocycles. The van der Waals surface area contributed by atoms with Crippen molar-refractivity contribution in [3.63, 3.8) is 0 Å². The van der Waals surface area contributed by atoms with Crippen LogP contribution in [-0.2, 0) is 4.79 Å². The maximum atomic E-state index is 12.1. The number of carbonyl (C=O) groups excluding carboxylic acids is 1.